The van der Waals surface area contributed by atoms with Crippen molar-refractivity contribution in [2.45, 2.75) is 38.6 Å². The number of hydrogen-bond acceptors (Lipinski definition) is 3. The third-order valence-corrected chi connectivity index (χ3v) is 5.02. The van der Waals surface area contributed by atoms with Gasteiger partial charge in [0.05, 0.1) is 0 Å². The van der Waals surface area contributed by atoms with Gasteiger partial charge in [-0.15, -0.1) is 28.3 Å². The molecule has 0 amide bonds. The van der Waals surface area contributed by atoms with Gasteiger partial charge < -0.3 is 9.36 Å². The fourth-order valence-corrected chi connectivity index (χ4v) is 3.98. The second-order valence-electron chi connectivity index (χ2n) is 5.35. The average molecular weight is 367 g/mol. The van der Waals surface area contributed by atoms with Gasteiger partial charge in [-0.25, -0.2) is 0 Å². The first-order valence-corrected chi connectivity index (χ1v) is 7.82. The van der Waals surface area contributed by atoms with E-state index in [9.17, 15) is 4.79 Å². The molecule has 0 fully saturated rings. The Morgan fingerprint density at radius 3 is 2.57 bits per heavy atom. The summed E-state index contributed by atoms with van der Waals surface area (Å²) in [5.74, 6) is 0. The zero-order chi connectivity index (χ0) is 14.1. The number of rotatable bonds is 3. The van der Waals surface area contributed by atoms with Gasteiger partial charge in [0.1, 0.15) is 12.3 Å². The van der Waals surface area contributed by atoms with Crippen LogP contribution in [0.25, 0.3) is 0 Å². The summed E-state index contributed by atoms with van der Waals surface area (Å²) in [6, 6.07) is 7.67. The minimum atomic E-state index is -0.360. The minimum absolute atomic E-state index is 0. The van der Waals surface area contributed by atoms with Crippen LogP contribution in [0, 0.1) is 12.3 Å². The molecule has 3 nitrogen and oxygen atoms in total. The number of aryl methyl sites for hydroxylation is 2. The van der Waals surface area contributed by atoms with E-state index in [1.807, 2.05) is 35.8 Å². The fraction of sp³-hybridized carbons (Fsp3) is 0.375. The van der Waals surface area contributed by atoms with Crippen LogP contribution < -0.4 is 4.80 Å². The number of aromatic nitrogens is 1. The van der Waals surface area contributed by atoms with Crippen molar-refractivity contribution >= 4 is 34.6 Å². The number of nitrogens with zero attached hydrogens (tertiary/aromatic N) is 1. The predicted molar refractivity (Wildman–Crippen MR) is 90.5 cm³/mol. The van der Waals surface area contributed by atoms with Crippen LogP contribution in [-0.2, 0) is 17.6 Å². The van der Waals surface area contributed by atoms with E-state index in [0.717, 1.165) is 31.1 Å². The number of carbonyl (C=O) groups is 1. The number of aldehydes is 1. The monoisotopic (exact) mass is 366 g/mol. The molecule has 1 unspecified atom stereocenters. The lowest BCUT2D eigenvalue weighted by Gasteiger charge is -2.19. The van der Waals surface area contributed by atoms with Gasteiger partial charge in [-0.3, -0.25) is 5.41 Å². The van der Waals surface area contributed by atoms with Gasteiger partial charge in [0.2, 0.25) is 0 Å². The van der Waals surface area contributed by atoms with Crippen molar-refractivity contribution in [2.75, 3.05) is 0 Å². The van der Waals surface area contributed by atoms with Crippen molar-refractivity contribution in [3.05, 3.63) is 50.8 Å². The SMILES string of the molecule is Br.Cc1ccc(C(C=O)n2c3c(sc2=N)CCCC3)cc1. The smallest absolute Gasteiger partial charge is 0.183 e. The number of benzene rings is 1. The molecule has 0 spiro atoms. The Morgan fingerprint density at radius 1 is 1.24 bits per heavy atom. The molecule has 1 aromatic heterocycles. The average Bonchev–Trinajstić information content (AvgIpc) is 2.79. The molecule has 1 atom stereocenters. The molecular weight excluding hydrogens is 348 g/mol. The Hall–Kier alpha value is -1.20. The van der Waals surface area contributed by atoms with Gasteiger partial charge in [0.15, 0.2) is 4.80 Å². The molecule has 3 rings (SSSR count). The summed E-state index contributed by atoms with van der Waals surface area (Å²) in [4.78, 5) is 13.4. The molecule has 1 N–H and O–H groups in total. The van der Waals surface area contributed by atoms with E-state index in [1.165, 1.54) is 33.9 Å². The molecule has 1 aliphatic carbocycles. The summed E-state index contributed by atoms with van der Waals surface area (Å²) in [6.07, 6.45) is 5.36. The number of fused-ring (bicyclic) bond motifs is 1. The largest absolute Gasteiger partial charge is 0.307 e. The Kier molecular flexibility index (Phi) is 5.17. The van der Waals surface area contributed by atoms with E-state index in [1.54, 1.807) is 0 Å². The van der Waals surface area contributed by atoms with Crippen LogP contribution in [0.15, 0.2) is 24.3 Å². The Bertz CT molecular complexity index is 687. The molecule has 0 bridgehead atoms. The first kappa shape index (κ1) is 16.2. The summed E-state index contributed by atoms with van der Waals surface area (Å²) in [6.45, 7) is 2.04. The zero-order valence-corrected chi connectivity index (χ0v) is 14.5. The lowest BCUT2D eigenvalue weighted by Crippen LogP contribution is -2.25. The second kappa shape index (κ2) is 6.71. The highest BCUT2D eigenvalue weighted by molar-refractivity contribution is 8.93. The van der Waals surface area contributed by atoms with E-state index in [2.05, 4.69) is 0 Å². The third-order valence-electron chi connectivity index (χ3n) is 3.94. The summed E-state index contributed by atoms with van der Waals surface area (Å²) < 4.78 is 1.93. The van der Waals surface area contributed by atoms with E-state index in [0.29, 0.717) is 4.80 Å². The van der Waals surface area contributed by atoms with Crippen molar-refractivity contribution < 1.29 is 4.79 Å². The lowest BCUT2D eigenvalue weighted by molar-refractivity contribution is -0.109. The summed E-state index contributed by atoms with van der Waals surface area (Å²) in [7, 11) is 0. The van der Waals surface area contributed by atoms with Crippen molar-refractivity contribution in [1.82, 2.24) is 4.57 Å². The lowest BCUT2D eigenvalue weighted by atomic mass is 10.0. The molecule has 0 saturated carbocycles. The molecule has 0 saturated heterocycles. The van der Waals surface area contributed by atoms with E-state index >= 15 is 0 Å². The molecule has 112 valence electrons. The topological polar surface area (TPSA) is 45.9 Å². The van der Waals surface area contributed by atoms with Crippen molar-refractivity contribution in [1.29, 1.82) is 5.41 Å². The van der Waals surface area contributed by atoms with Crippen LogP contribution in [0.4, 0.5) is 0 Å². The zero-order valence-electron chi connectivity index (χ0n) is 12.0. The van der Waals surface area contributed by atoms with Gasteiger partial charge in [-0.1, -0.05) is 29.8 Å². The third kappa shape index (κ3) is 3.04. The first-order valence-electron chi connectivity index (χ1n) is 7.00. The standard InChI is InChI=1S/C16H18N2OS.BrH/c1-11-6-8-12(9-7-11)14(10-19)18-13-4-2-3-5-15(13)20-16(18)17;/h6-10,14,17H,2-5H2,1H3;1H. The van der Waals surface area contributed by atoms with E-state index in [-0.39, 0.29) is 23.0 Å². The molecule has 1 heterocycles. The predicted octanol–water partition coefficient (Wildman–Crippen LogP) is 3.58. The van der Waals surface area contributed by atoms with Crippen molar-refractivity contribution in [3.8, 4) is 0 Å². The highest BCUT2D eigenvalue weighted by Crippen LogP contribution is 2.27. The van der Waals surface area contributed by atoms with Gasteiger partial charge in [0.25, 0.3) is 0 Å². The number of nitrogens with one attached hydrogen (secondary N) is 1. The fourth-order valence-electron chi connectivity index (χ4n) is 2.86. The summed E-state index contributed by atoms with van der Waals surface area (Å²) in [5.41, 5.74) is 3.35. The normalized spacial score (nSPS) is 14.9. The Balaban J connectivity index is 0.00000161. The van der Waals surface area contributed by atoms with Crippen LogP contribution in [0.5, 0.6) is 0 Å². The Labute approximate surface area is 138 Å². The highest BCUT2D eigenvalue weighted by Gasteiger charge is 2.22. The van der Waals surface area contributed by atoms with Crippen molar-refractivity contribution in [2.24, 2.45) is 0 Å². The molecule has 2 aromatic rings. The van der Waals surface area contributed by atoms with Crippen molar-refractivity contribution in [3.63, 3.8) is 0 Å². The van der Waals surface area contributed by atoms with E-state index in [4.69, 9.17) is 5.41 Å². The van der Waals surface area contributed by atoms with Gasteiger partial charge in [-0.2, -0.15) is 0 Å². The van der Waals surface area contributed by atoms with Crippen LogP contribution in [-0.4, -0.2) is 10.9 Å². The maximum atomic E-state index is 11.6. The molecule has 0 aliphatic heterocycles. The van der Waals surface area contributed by atoms with E-state index < -0.39 is 0 Å². The van der Waals surface area contributed by atoms with Gasteiger partial charge in [-0.05, 0) is 38.2 Å². The number of hydrogen-bond donors (Lipinski definition) is 1. The maximum Gasteiger partial charge on any atom is 0.183 e. The minimum Gasteiger partial charge on any atom is -0.307 e. The van der Waals surface area contributed by atoms with Crippen LogP contribution in [0.2, 0.25) is 0 Å². The summed E-state index contributed by atoms with van der Waals surface area (Å²) >= 11 is 1.53. The first-order chi connectivity index (χ1) is 9.70. The summed E-state index contributed by atoms with van der Waals surface area (Å²) in [5, 5.41) is 8.21. The molecular formula is C16H19BrN2OS. The van der Waals surface area contributed by atoms with Crippen LogP contribution in [0.1, 0.15) is 40.6 Å². The number of halogens is 1. The number of carbonyl (C=O) groups excluding carboxylic acids is 1. The molecule has 21 heavy (non-hydrogen) atoms. The molecule has 5 heteroatoms. The van der Waals surface area contributed by atoms with Crippen LogP contribution in [0.3, 0.4) is 0 Å². The highest BCUT2D eigenvalue weighted by atomic mass is 79.9. The quantitative estimate of drug-likeness (QED) is 0.828. The number of thiazole rings is 1. The van der Waals surface area contributed by atoms with Gasteiger partial charge >= 0.3 is 0 Å². The molecule has 1 aromatic carbocycles. The van der Waals surface area contributed by atoms with Crippen LogP contribution >= 0.6 is 28.3 Å². The second-order valence-corrected chi connectivity index (χ2v) is 6.43. The van der Waals surface area contributed by atoms with Gasteiger partial charge in [0, 0.05) is 10.6 Å². The molecule has 1 aliphatic rings. The Morgan fingerprint density at radius 2 is 1.90 bits per heavy atom. The molecule has 0 radical (unpaired) electrons. The maximum absolute atomic E-state index is 11.6.